The summed E-state index contributed by atoms with van der Waals surface area (Å²) < 4.78 is 5.48. The zero-order chi connectivity index (χ0) is 28.7. The van der Waals surface area contributed by atoms with Gasteiger partial charge in [-0.15, -0.1) is 22.7 Å². The van der Waals surface area contributed by atoms with Crippen molar-refractivity contribution in [1.29, 1.82) is 0 Å². The highest BCUT2D eigenvalue weighted by atomic mass is 32.1. The predicted octanol–water partition coefficient (Wildman–Crippen LogP) is 13.8. The summed E-state index contributed by atoms with van der Waals surface area (Å²) in [5.74, 6) is 0.313. The number of carbonyl (C=O) groups excluding carboxylic acids is 1. The van der Waals surface area contributed by atoms with Crippen LogP contribution in [0.2, 0.25) is 0 Å². The molecular formula is C38H54OS2. The van der Waals surface area contributed by atoms with E-state index in [2.05, 4.69) is 50.2 Å². The average molecular weight is 591 g/mol. The Hall–Kier alpha value is -1.71. The molecule has 3 heteroatoms. The summed E-state index contributed by atoms with van der Waals surface area (Å²) in [5, 5.41) is 2.71. The summed E-state index contributed by atoms with van der Waals surface area (Å²) in [6, 6.07) is 13.6. The molecule has 0 spiro atoms. The van der Waals surface area contributed by atoms with E-state index in [0.717, 1.165) is 12.0 Å². The Balaban J connectivity index is 1.23. The maximum atomic E-state index is 12.9. The first kappa shape index (κ1) is 32.2. The van der Waals surface area contributed by atoms with Crippen LogP contribution in [-0.4, -0.2) is 5.78 Å². The van der Waals surface area contributed by atoms with Crippen LogP contribution in [0.15, 0.2) is 36.4 Å². The lowest BCUT2D eigenvalue weighted by molar-refractivity contribution is 0.0979. The highest BCUT2D eigenvalue weighted by Crippen LogP contribution is 2.44. The van der Waals surface area contributed by atoms with E-state index in [9.17, 15) is 4.79 Å². The SMILES string of the molecule is CCCCCCCCCCCCc1ccc2c(c1)sc1c3ccc(C(=O)CCCCCCCCCCC)cc3sc21. The lowest BCUT2D eigenvalue weighted by Crippen LogP contribution is -1.98. The molecule has 0 unspecified atom stereocenters. The minimum Gasteiger partial charge on any atom is -0.294 e. The van der Waals surface area contributed by atoms with Crippen molar-refractivity contribution >= 4 is 58.0 Å². The summed E-state index contributed by atoms with van der Waals surface area (Å²) in [7, 11) is 0. The molecule has 0 atom stereocenters. The third kappa shape index (κ3) is 9.92. The van der Waals surface area contributed by atoms with Gasteiger partial charge in [-0.3, -0.25) is 4.79 Å². The van der Waals surface area contributed by atoms with Crippen LogP contribution in [-0.2, 0) is 6.42 Å². The molecule has 2 heterocycles. The molecule has 0 aliphatic heterocycles. The van der Waals surface area contributed by atoms with Gasteiger partial charge in [-0.05, 0) is 37.0 Å². The first-order valence-corrected chi connectivity index (χ1v) is 18.8. The number of hydrogen-bond acceptors (Lipinski definition) is 3. The Morgan fingerprint density at radius 2 is 1.00 bits per heavy atom. The topological polar surface area (TPSA) is 17.1 Å². The molecule has 0 aliphatic carbocycles. The van der Waals surface area contributed by atoms with Crippen LogP contribution in [0.4, 0.5) is 0 Å². The van der Waals surface area contributed by atoms with Gasteiger partial charge in [-0.25, -0.2) is 0 Å². The molecule has 4 aromatic rings. The van der Waals surface area contributed by atoms with Crippen LogP contribution in [0.5, 0.6) is 0 Å². The van der Waals surface area contributed by atoms with Gasteiger partial charge in [0, 0.05) is 32.2 Å². The fourth-order valence-corrected chi connectivity index (χ4v) is 8.94. The molecule has 0 aliphatic rings. The van der Waals surface area contributed by atoms with E-state index in [1.54, 1.807) is 0 Å². The van der Waals surface area contributed by atoms with E-state index in [0.29, 0.717) is 12.2 Å². The Kier molecular flexibility index (Phi) is 14.2. The van der Waals surface area contributed by atoms with Gasteiger partial charge in [0.2, 0.25) is 0 Å². The van der Waals surface area contributed by atoms with Gasteiger partial charge < -0.3 is 0 Å². The number of benzene rings is 2. The summed E-state index contributed by atoms with van der Waals surface area (Å²) in [4.78, 5) is 12.9. The predicted molar refractivity (Wildman–Crippen MR) is 186 cm³/mol. The van der Waals surface area contributed by atoms with Crippen molar-refractivity contribution in [1.82, 2.24) is 0 Å². The van der Waals surface area contributed by atoms with E-state index in [1.165, 1.54) is 157 Å². The molecule has 0 N–H and O–H groups in total. The van der Waals surface area contributed by atoms with Gasteiger partial charge in [0.1, 0.15) is 0 Å². The first-order chi connectivity index (χ1) is 20.2. The van der Waals surface area contributed by atoms with Gasteiger partial charge in [-0.1, -0.05) is 147 Å². The third-order valence-corrected chi connectivity index (χ3v) is 11.3. The highest BCUT2D eigenvalue weighted by Gasteiger charge is 2.14. The smallest absolute Gasteiger partial charge is 0.162 e. The van der Waals surface area contributed by atoms with Crippen molar-refractivity contribution in [2.75, 3.05) is 0 Å². The van der Waals surface area contributed by atoms with Crippen LogP contribution in [0.3, 0.4) is 0 Å². The number of hydrogen-bond donors (Lipinski definition) is 0. The van der Waals surface area contributed by atoms with Gasteiger partial charge in [-0.2, -0.15) is 0 Å². The van der Waals surface area contributed by atoms with Gasteiger partial charge in [0.25, 0.3) is 0 Å². The maximum absolute atomic E-state index is 12.9. The Labute approximate surface area is 258 Å². The van der Waals surface area contributed by atoms with E-state index in [1.807, 2.05) is 22.7 Å². The lowest BCUT2D eigenvalue weighted by Gasteiger charge is -2.04. The number of aryl methyl sites for hydroxylation is 1. The second kappa shape index (κ2) is 18.1. The third-order valence-electron chi connectivity index (χ3n) is 8.80. The standard InChI is InChI=1S/C38H54OS2/c1-3-5-7-9-11-13-15-16-18-20-22-30-24-26-32-35(28-30)40-38-33-27-25-31(29-36(33)41-37(32)38)34(39)23-21-19-17-14-12-10-8-6-4-2/h24-29H,3-23H2,1-2H3. The monoisotopic (exact) mass is 590 g/mol. The van der Waals surface area contributed by atoms with Crippen molar-refractivity contribution in [3.05, 3.63) is 47.5 Å². The fraction of sp³-hybridized carbons (Fsp3) is 0.605. The van der Waals surface area contributed by atoms with Crippen LogP contribution < -0.4 is 0 Å². The summed E-state index contributed by atoms with van der Waals surface area (Å²) in [6.45, 7) is 4.56. The molecule has 0 saturated carbocycles. The number of carbonyl (C=O) groups is 1. The minimum absolute atomic E-state index is 0.313. The van der Waals surface area contributed by atoms with Crippen molar-refractivity contribution in [3.8, 4) is 0 Å². The van der Waals surface area contributed by atoms with E-state index in [-0.39, 0.29) is 0 Å². The second-order valence-corrected chi connectivity index (χ2v) is 14.4. The largest absolute Gasteiger partial charge is 0.294 e. The molecule has 0 bridgehead atoms. The number of thiophene rings is 2. The molecule has 224 valence electrons. The van der Waals surface area contributed by atoms with Crippen LogP contribution in [0.25, 0.3) is 29.6 Å². The van der Waals surface area contributed by atoms with Crippen LogP contribution >= 0.6 is 22.7 Å². The van der Waals surface area contributed by atoms with Crippen molar-refractivity contribution in [2.24, 2.45) is 0 Å². The normalized spacial score (nSPS) is 11.9. The number of Topliss-reactive ketones (excluding diaryl/α,β-unsaturated/α-hetero) is 1. The van der Waals surface area contributed by atoms with Crippen LogP contribution in [0, 0.1) is 0 Å². The molecular weight excluding hydrogens is 537 g/mol. The van der Waals surface area contributed by atoms with Crippen molar-refractivity contribution < 1.29 is 4.79 Å². The number of unbranched alkanes of at least 4 members (excludes halogenated alkanes) is 17. The molecule has 0 radical (unpaired) electrons. The van der Waals surface area contributed by atoms with Gasteiger partial charge in [0.15, 0.2) is 5.78 Å². The summed E-state index contributed by atoms with van der Waals surface area (Å²) >= 11 is 3.81. The van der Waals surface area contributed by atoms with Crippen molar-refractivity contribution in [3.63, 3.8) is 0 Å². The summed E-state index contributed by atoms with van der Waals surface area (Å²) in [6.07, 6.45) is 27.4. The first-order valence-electron chi connectivity index (χ1n) is 17.1. The fourth-order valence-electron chi connectivity index (χ4n) is 6.19. The van der Waals surface area contributed by atoms with E-state index < -0.39 is 0 Å². The molecule has 0 amide bonds. The lowest BCUT2D eigenvalue weighted by atomic mass is 10.0. The highest BCUT2D eigenvalue weighted by molar-refractivity contribution is 7.36. The number of fused-ring (bicyclic) bond motifs is 5. The molecule has 2 aromatic carbocycles. The zero-order valence-corrected chi connectivity index (χ0v) is 27.7. The van der Waals surface area contributed by atoms with E-state index >= 15 is 0 Å². The van der Waals surface area contributed by atoms with E-state index in [4.69, 9.17) is 0 Å². The minimum atomic E-state index is 0.313. The van der Waals surface area contributed by atoms with Gasteiger partial charge >= 0.3 is 0 Å². The van der Waals surface area contributed by atoms with Crippen molar-refractivity contribution in [2.45, 2.75) is 149 Å². The molecule has 41 heavy (non-hydrogen) atoms. The molecule has 0 saturated heterocycles. The quantitative estimate of drug-likeness (QED) is 0.0657. The molecule has 2 aromatic heterocycles. The molecule has 0 fully saturated rings. The molecule has 1 nitrogen and oxygen atoms in total. The summed E-state index contributed by atoms with van der Waals surface area (Å²) in [5.41, 5.74) is 2.38. The Bertz CT molecular complexity index is 1330. The zero-order valence-electron chi connectivity index (χ0n) is 26.0. The average Bonchev–Trinajstić information content (AvgIpc) is 3.52. The number of rotatable bonds is 22. The number of ketones is 1. The van der Waals surface area contributed by atoms with Crippen LogP contribution in [0.1, 0.15) is 158 Å². The maximum Gasteiger partial charge on any atom is 0.162 e. The second-order valence-electron chi connectivity index (χ2n) is 12.3. The Morgan fingerprint density at radius 3 is 1.56 bits per heavy atom. The van der Waals surface area contributed by atoms with Gasteiger partial charge in [0.05, 0.1) is 9.40 Å². The molecule has 4 rings (SSSR count). The Morgan fingerprint density at radius 1 is 0.537 bits per heavy atom.